The van der Waals surface area contributed by atoms with Gasteiger partial charge in [0.15, 0.2) is 0 Å². The summed E-state index contributed by atoms with van der Waals surface area (Å²) >= 11 is 0. The van der Waals surface area contributed by atoms with Gasteiger partial charge in [0.05, 0.1) is 17.2 Å². The highest BCUT2D eigenvalue weighted by atomic mass is 16.6. The van der Waals surface area contributed by atoms with E-state index < -0.39 is 0 Å². The van der Waals surface area contributed by atoms with Gasteiger partial charge in [0.2, 0.25) is 0 Å². The van der Waals surface area contributed by atoms with Crippen molar-refractivity contribution in [3.63, 3.8) is 0 Å². The maximum Gasteiger partial charge on any atom is 0.339 e. The third-order valence-corrected chi connectivity index (χ3v) is 4.55. The monoisotopic (exact) mass is 297 g/mol. The predicted octanol–water partition coefficient (Wildman–Crippen LogP) is 3.06. The molecule has 2 heterocycles. The lowest BCUT2D eigenvalue weighted by Gasteiger charge is -2.14. The van der Waals surface area contributed by atoms with E-state index >= 15 is 0 Å². The summed E-state index contributed by atoms with van der Waals surface area (Å²) in [5, 5.41) is 0.903. The van der Waals surface area contributed by atoms with Crippen molar-refractivity contribution in [2.45, 2.75) is 38.2 Å². The Morgan fingerprint density at radius 3 is 3.05 bits per heavy atom. The van der Waals surface area contributed by atoms with Crippen LogP contribution in [0, 0.1) is 0 Å². The van der Waals surface area contributed by atoms with Crippen LogP contribution in [-0.4, -0.2) is 30.3 Å². The molecule has 114 valence electrons. The van der Waals surface area contributed by atoms with E-state index in [1.807, 2.05) is 24.3 Å². The molecule has 0 radical (unpaired) electrons. The van der Waals surface area contributed by atoms with E-state index in [0.29, 0.717) is 6.61 Å². The first-order valence-electron chi connectivity index (χ1n) is 8.02. The van der Waals surface area contributed by atoms with Crippen molar-refractivity contribution >= 4 is 16.9 Å². The summed E-state index contributed by atoms with van der Waals surface area (Å²) in [7, 11) is 0. The van der Waals surface area contributed by atoms with Gasteiger partial charge in [-0.3, -0.25) is 4.98 Å². The molecule has 2 aromatic rings. The molecule has 0 amide bonds. The van der Waals surface area contributed by atoms with E-state index in [9.17, 15) is 4.79 Å². The number of benzene rings is 1. The molecule has 22 heavy (non-hydrogen) atoms. The number of aromatic nitrogens is 1. The number of aryl methyl sites for hydroxylation is 1. The van der Waals surface area contributed by atoms with Crippen molar-refractivity contribution in [2.24, 2.45) is 0 Å². The van der Waals surface area contributed by atoms with Crippen LogP contribution < -0.4 is 0 Å². The Bertz CT molecular complexity index is 720. The predicted molar refractivity (Wildman–Crippen MR) is 83.0 cm³/mol. The minimum absolute atomic E-state index is 0.0603. The normalized spacial score (nSPS) is 20.3. The largest absolute Gasteiger partial charge is 0.459 e. The zero-order chi connectivity index (χ0) is 14.9. The zero-order valence-corrected chi connectivity index (χ0v) is 12.5. The van der Waals surface area contributed by atoms with Crippen LogP contribution in [0.4, 0.5) is 0 Å². The molecular weight excluding hydrogens is 278 g/mol. The van der Waals surface area contributed by atoms with Crippen LogP contribution in [0.25, 0.3) is 10.9 Å². The second-order valence-corrected chi connectivity index (χ2v) is 6.02. The molecular formula is C18H19NO3. The summed E-state index contributed by atoms with van der Waals surface area (Å²) in [6, 6.07) is 7.83. The molecule has 0 bridgehead atoms. The second-order valence-electron chi connectivity index (χ2n) is 6.02. The molecule has 1 aliphatic heterocycles. The number of carbonyl (C=O) groups is 1. The highest BCUT2D eigenvalue weighted by Gasteiger charge is 2.26. The molecule has 1 aromatic heterocycles. The number of nitrogens with zero attached hydrogens (tertiary/aromatic N) is 1. The Labute approximate surface area is 129 Å². The Kier molecular flexibility index (Phi) is 3.54. The average molecular weight is 297 g/mol. The van der Waals surface area contributed by atoms with Crippen molar-refractivity contribution < 1.29 is 14.3 Å². The van der Waals surface area contributed by atoms with E-state index in [1.165, 1.54) is 0 Å². The van der Waals surface area contributed by atoms with Crippen LogP contribution >= 0.6 is 0 Å². The SMILES string of the molecule is O=C(OC[C@H]1CCCO1)c1c2c(nc3ccccc13)CCC2. The maximum atomic E-state index is 12.7. The quantitative estimate of drug-likeness (QED) is 0.817. The highest BCUT2D eigenvalue weighted by molar-refractivity contribution is 6.05. The first kappa shape index (κ1) is 13.7. The van der Waals surface area contributed by atoms with E-state index in [1.54, 1.807) is 0 Å². The van der Waals surface area contributed by atoms with Crippen LogP contribution in [0.1, 0.15) is 40.9 Å². The number of hydrogen-bond acceptors (Lipinski definition) is 4. The number of fused-ring (bicyclic) bond motifs is 2. The van der Waals surface area contributed by atoms with Gasteiger partial charge in [0, 0.05) is 17.7 Å². The average Bonchev–Trinajstić information content (AvgIpc) is 3.21. The molecule has 0 saturated carbocycles. The molecule has 1 atom stereocenters. The molecule has 0 spiro atoms. The first-order chi connectivity index (χ1) is 10.8. The van der Waals surface area contributed by atoms with E-state index in [-0.39, 0.29) is 12.1 Å². The molecule has 1 aromatic carbocycles. The molecule has 0 N–H and O–H groups in total. The van der Waals surface area contributed by atoms with Gasteiger partial charge in [0.25, 0.3) is 0 Å². The number of para-hydroxylation sites is 1. The van der Waals surface area contributed by atoms with Crippen molar-refractivity contribution in [1.29, 1.82) is 0 Å². The summed E-state index contributed by atoms with van der Waals surface area (Å²) < 4.78 is 11.1. The Balaban J connectivity index is 1.68. The van der Waals surface area contributed by atoms with Crippen LogP contribution in [0.3, 0.4) is 0 Å². The highest BCUT2D eigenvalue weighted by Crippen LogP contribution is 2.30. The number of rotatable bonds is 3. The van der Waals surface area contributed by atoms with Crippen molar-refractivity contribution in [2.75, 3.05) is 13.2 Å². The molecule has 1 fully saturated rings. The molecule has 4 heteroatoms. The van der Waals surface area contributed by atoms with Crippen LogP contribution in [0.2, 0.25) is 0 Å². The van der Waals surface area contributed by atoms with Crippen LogP contribution in [0.15, 0.2) is 24.3 Å². The fourth-order valence-electron chi connectivity index (χ4n) is 3.46. The van der Waals surface area contributed by atoms with Gasteiger partial charge in [0.1, 0.15) is 6.61 Å². The number of esters is 1. The van der Waals surface area contributed by atoms with Gasteiger partial charge in [-0.25, -0.2) is 4.79 Å². The smallest absolute Gasteiger partial charge is 0.339 e. The maximum absolute atomic E-state index is 12.7. The lowest BCUT2D eigenvalue weighted by Crippen LogP contribution is -2.19. The molecule has 4 nitrogen and oxygen atoms in total. The standard InChI is InChI=1S/C18H19NO3/c20-18(22-11-12-5-4-10-21-12)17-13-6-1-2-8-15(13)19-16-9-3-7-14(16)17/h1-2,6,8,12H,3-5,7,9-11H2/t12-/m1/s1. The number of ether oxygens (including phenoxy) is 2. The van der Waals surface area contributed by atoms with Crippen molar-refractivity contribution in [3.05, 3.63) is 41.1 Å². The van der Waals surface area contributed by atoms with E-state index in [2.05, 4.69) is 0 Å². The Hall–Kier alpha value is -1.94. The summed E-state index contributed by atoms with van der Waals surface area (Å²) in [4.78, 5) is 17.4. The molecule has 4 rings (SSSR count). The topological polar surface area (TPSA) is 48.4 Å². The Morgan fingerprint density at radius 1 is 1.27 bits per heavy atom. The Morgan fingerprint density at radius 2 is 2.18 bits per heavy atom. The third-order valence-electron chi connectivity index (χ3n) is 4.55. The zero-order valence-electron chi connectivity index (χ0n) is 12.5. The van der Waals surface area contributed by atoms with E-state index in [0.717, 1.165) is 66.4 Å². The van der Waals surface area contributed by atoms with Gasteiger partial charge in [-0.05, 0) is 43.7 Å². The van der Waals surface area contributed by atoms with Gasteiger partial charge >= 0.3 is 5.97 Å². The van der Waals surface area contributed by atoms with Gasteiger partial charge in [-0.2, -0.15) is 0 Å². The molecule has 0 unspecified atom stereocenters. The minimum Gasteiger partial charge on any atom is -0.459 e. The summed E-state index contributed by atoms with van der Waals surface area (Å²) in [6.45, 7) is 1.13. The van der Waals surface area contributed by atoms with Gasteiger partial charge in [-0.1, -0.05) is 18.2 Å². The van der Waals surface area contributed by atoms with Gasteiger partial charge < -0.3 is 9.47 Å². The number of hydrogen-bond donors (Lipinski definition) is 0. The summed E-state index contributed by atoms with van der Waals surface area (Å²) in [6.07, 6.45) is 5.01. The van der Waals surface area contributed by atoms with E-state index in [4.69, 9.17) is 14.5 Å². The van der Waals surface area contributed by atoms with Crippen molar-refractivity contribution in [1.82, 2.24) is 4.98 Å². The van der Waals surface area contributed by atoms with Crippen LogP contribution in [0.5, 0.6) is 0 Å². The lowest BCUT2D eigenvalue weighted by molar-refractivity contribution is 0.0162. The minimum atomic E-state index is -0.229. The molecule has 2 aliphatic rings. The number of pyridine rings is 1. The summed E-state index contributed by atoms with van der Waals surface area (Å²) in [5.74, 6) is -0.229. The fourth-order valence-corrected chi connectivity index (χ4v) is 3.46. The lowest BCUT2D eigenvalue weighted by atomic mass is 10.0. The first-order valence-corrected chi connectivity index (χ1v) is 8.02. The number of carbonyl (C=O) groups excluding carboxylic acids is 1. The fraction of sp³-hybridized carbons (Fsp3) is 0.444. The molecule has 1 aliphatic carbocycles. The second kappa shape index (κ2) is 5.69. The molecule has 1 saturated heterocycles. The van der Waals surface area contributed by atoms with Crippen molar-refractivity contribution in [3.8, 4) is 0 Å². The third kappa shape index (κ3) is 2.37. The summed E-state index contributed by atoms with van der Waals surface area (Å²) in [5.41, 5.74) is 3.74. The van der Waals surface area contributed by atoms with Gasteiger partial charge in [-0.15, -0.1) is 0 Å². The van der Waals surface area contributed by atoms with Crippen LogP contribution in [-0.2, 0) is 22.3 Å².